The van der Waals surface area contributed by atoms with Crippen LogP contribution in [0.25, 0.3) is 22.6 Å². The Morgan fingerprint density at radius 3 is 2.73 bits per heavy atom. The minimum Gasteiger partial charge on any atom is -0.489 e. The van der Waals surface area contributed by atoms with Crippen LogP contribution in [0.5, 0.6) is 5.75 Å². The SMILES string of the molecule is Cc1nc(-c2nnn(C)c2CNc2nncc(-c3ccccc3)n2)ccc1O[C@H]1CCC[C@H](C(=O)O)C1. The summed E-state index contributed by atoms with van der Waals surface area (Å²) in [6.45, 7) is 2.25. The summed E-state index contributed by atoms with van der Waals surface area (Å²) in [4.78, 5) is 20.7. The number of nitrogens with one attached hydrogen (secondary N) is 1. The third-order valence-corrected chi connectivity index (χ3v) is 6.53. The van der Waals surface area contributed by atoms with E-state index in [9.17, 15) is 9.90 Å². The Morgan fingerprint density at radius 1 is 1.11 bits per heavy atom. The molecule has 0 saturated heterocycles. The van der Waals surface area contributed by atoms with Crippen molar-refractivity contribution in [2.45, 2.75) is 45.3 Å². The Kier molecular flexibility index (Phi) is 7.02. The van der Waals surface area contributed by atoms with Gasteiger partial charge in [-0.2, -0.15) is 5.10 Å². The summed E-state index contributed by atoms with van der Waals surface area (Å²) in [6, 6.07) is 13.5. The van der Waals surface area contributed by atoms with Crippen molar-refractivity contribution in [1.29, 1.82) is 0 Å². The summed E-state index contributed by atoms with van der Waals surface area (Å²) in [6.07, 6.45) is 4.40. The molecule has 11 nitrogen and oxygen atoms in total. The van der Waals surface area contributed by atoms with Gasteiger partial charge in [-0.1, -0.05) is 35.5 Å². The van der Waals surface area contributed by atoms with Crippen molar-refractivity contribution in [3.63, 3.8) is 0 Å². The Balaban J connectivity index is 1.30. The molecule has 0 radical (unpaired) electrons. The number of hydrogen-bond acceptors (Lipinski definition) is 9. The molecule has 0 unspecified atom stereocenters. The van der Waals surface area contributed by atoms with E-state index in [1.54, 1.807) is 10.9 Å². The van der Waals surface area contributed by atoms with Crippen molar-refractivity contribution in [3.05, 3.63) is 60.0 Å². The molecule has 3 aromatic heterocycles. The van der Waals surface area contributed by atoms with E-state index in [0.717, 1.165) is 29.8 Å². The maximum atomic E-state index is 11.4. The van der Waals surface area contributed by atoms with Crippen LogP contribution in [-0.2, 0) is 18.4 Å². The molecule has 1 fully saturated rings. The maximum Gasteiger partial charge on any atom is 0.306 e. The molecule has 5 rings (SSSR count). The highest BCUT2D eigenvalue weighted by Gasteiger charge is 2.28. The van der Waals surface area contributed by atoms with Gasteiger partial charge in [-0.3, -0.25) is 4.79 Å². The second-order valence-corrected chi connectivity index (χ2v) is 9.11. The van der Waals surface area contributed by atoms with Gasteiger partial charge in [0, 0.05) is 12.6 Å². The van der Waals surface area contributed by atoms with Crippen molar-refractivity contribution >= 4 is 11.9 Å². The van der Waals surface area contributed by atoms with Crippen molar-refractivity contribution < 1.29 is 14.6 Å². The first-order chi connectivity index (χ1) is 18.0. The Hall–Kier alpha value is -4.41. The largest absolute Gasteiger partial charge is 0.489 e. The van der Waals surface area contributed by atoms with Gasteiger partial charge in [0.2, 0.25) is 5.95 Å². The molecule has 1 saturated carbocycles. The maximum absolute atomic E-state index is 11.4. The van der Waals surface area contributed by atoms with Gasteiger partial charge in [-0.25, -0.2) is 14.6 Å². The molecule has 1 aliphatic carbocycles. The minimum absolute atomic E-state index is 0.127. The van der Waals surface area contributed by atoms with E-state index in [1.807, 2.05) is 56.4 Å². The molecule has 11 heteroatoms. The van der Waals surface area contributed by atoms with Gasteiger partial charge < -0.3 is 15.2 Å². The second kappa shape index (κ2) is 10.7. The molecule has 0 spiro atoms. The van der Waals surface area contributed by atoms with Crippen molar-refractivity contribution in [2.24, 2.45) is 13.0 Å². The number of anilines is 1. The summed E-state index contributed by atoms with van der Waals surface area (Å²) in [5.41, 5.74) is 4.51. The fraction of sp³-hybridized carbons (Fsp3) is 0.346. The summed E-state index contributed by atoms with van der Waals surface area (Å²) < 4.78 is 7.83. The normalized spacial score (nSPS) is 17.4. The first-order valence-electron chi connectivity index (χ1n) is 12.2. The molecule has 37 heavy (non-hydrogen) atoms. The van der Waals surface area contributed by atoms with Crippen LogP contribution in [-0.4, -0.2) is 52.3 Å². The lowest BCUT2D eigenvalue weighted by atomic mass is 9.87. The van der Waals surface area contributed by atoms with Crippen molar-refractivity contribution in [3.8, 4) is 28.4 Å². The molecule has 190 valence electrons. The highest BCUT2D eigenvalue weighted by molar-refractivity contribution is 5.70. The lowest BCUT2D eigenvalue weighted by molar-refractivity contribution is -0.143. The van der Waals surface area contributed by atoms with Gasteiger partial charge in [0.25, 0.3) is 0 Å². The first kappa shape index (κ1) is 24.3. The number of rotatable bonds is 8. The quantitative estimate of drug-likeness (QED) is 0.368. The van der Waals surface area contributed by atoms with E-state index in [-0.39, 0.29) is 12.0 Å². The summed E-state index contributed by atoms with van der Waals surface area (Å²) in [5, 5.41) is 29.3. The van der Waals surface area contributed by atoms with Crippen LogP contribution in [0.2, 0.25) is 0 Å². The van der Waals surface area contributed by atoms with Crippen LogP contribution in [0, 0.1) is 12.8 Å². The van der Waals surface area contributed by atoms with Gasteiger partial charge in [0.15, 0.2) is 0 Å². The molecule has 0 aliphatic heterocycles. The number of aliphatic carboxylic acids is 1. The molecular formula is C26H28N8O3. The number of pyridine rings is 1. The van der Waals surface area contributed by atoms with Gasteiger partial charge in [-0.05, 0) is 44.7 Å². The molecule has 1 aliphatic rings. The lowest BCUT2D eigenvalue weighted by Gasteiger charge is -2.27. The van der Waals surface area contributed by atoms with Crippen molar-refractivity contribution in [2.75, 3.05) is 5.32 Å². The Morgan fingerprint density at radius 2 is 1.95 bits per heavy atom. The van der Waals surface area contributed by atoms with Gasteiger partial charge in [0.1, 0.15) is 11.4 Å². The topological polar surface area (TPSA) is 141 Å². The van der Waals surface area contributed by atoms with Crippen LogP contribution in [0.15, 0.2) is 48.7 Å². The number of nitrogens with zero attached hydrogens (tertiary/aromatic N) is 7. The number of carbonyl (C=O) groups is 1. The zero-order valence-corrected chi connectivity index (χ0v) is 20.7. The average molecular weight is 501 g/mol. The third-order valence-electron chi connectivity index (χ3n) is 6.53. The predicted molar refractivity (Wildman–Crippen MR) is 136 cm³/mol. The van der Waals surface area contributed by atoms with Crippen LogP contribution in [0.1, 0.15) is 37.1 Å². The van der Waals surface area contributed by atoms with Crippen LogP contribution >= 0.6 is 0 Å². The standard InChI is InChI=1S/C26H28N8O3/c1-16-23(37-19-10-6-9-18(13-19)25(35)36)12-11-20(29-16)24-22(34(2)33-31-24)15-27-26-30-21(14-28-32-26)17-7-4-3-5-8-17/h3-5,7-8,11-12,14,18-19H,6,9-10,13,15H2,1-2H3,(H,35,36)(H,27,30,32)/t18-,19-/m0/s1. The molecule has 2 N–H and O–H groups in total. The van der Waals surface area contributed by atoms with Crippen LogP contribution in [0.3, 0.4) is 0 Å². The molecule has 3 heterocycles. The molecule has 0 bridgehead atoms. The van der Waals surface area contributed by atoms with E-state index in [0.29, 0.717) is 48.2 Å². The molecule has 2 atom stereocenters. The van der Waals surface area contributed by atoms with Crippen LogP contribution in [0.4, 0.5) is 5.95 Å². The minimum atomic E-state index is -0.754. The number of aromatic nitrogens is 7. The second-order valence-electron chi connectivity index (χ2n) is 9.11. The molecule has 1 aromatic carbocycles. The number of aryl methyl sites for hydroxylation is 2. The zero-order valence-electron chi connectivity index (χ0n) is 20.7. The first-order valence-corrected chi connectivity index (χ1v) is 12.2. The van der Waals surface area contributed by atoms with Crippen LogP contribution < -0.4 is 10.1 Å². The number of benzene rings is 1. The molecule has 0 amide bonds. The van der Waals surface area contributed by atoms with Gasteiger partial charge in [0.05, 0.1) is 47.5 Å². The average Bonchev–Trinajstić information content (AvgIpc) is 3.29. The van der Waals surface area contributed by atoms with E-state index in [1.165, 1.54) is 0 Å². The highest BCUT2D eigenvalue weighted by Crippen LogP contribution is 2.30. The lowest BCUT2D eigenvalue weighted by Crippen LogP contribution is -2.29. The number of carboxylic acids is 1. The van der Waals surface area contributed by atoms with E-state index in [4.69, 9.17) is 9.72 Å². The monoisotopic (exact) mass is 500 g/mol. The van der Waals surface area contributed by atoms with E-state index in [2.05, 4.69) is 30.8 Å². The van der Waals surface area contributed by atoms with E-state index < -0.39 is 5.97 Å². The fourth-order valence-electron chi connectivity index (χ4n) is 4.52. The summed E-state index contributed by atoms with van der Waals surface area (Å²) in [5.74, 6) is -0.0575. The number of ether oxygens (including phenoxy) is 1. The smallest absolute Gasteiger partial charge is 0.306 e. The Bertz CT molecular complexity index is 1390. The van der Waals surface area contributed by atoms with E-state index >= 15 is 0 Å². The summed E-state index contributed by atoms with van der Waals surface area (Å²) >= 11 is 0. The Labute approximate surface area is 214 Å². The van der Waals surface area contributed by atoms with Gasteiger partial charge >= 0.3 is 5.97 Å². The van der Waals surface area contributed by atoms with Crippen molar-refractivity contribution in [1.82, 2.24) is 35.2 Å². The molecule has 4 aromatic rings. The van der Waals surface area contributed by atoms with Gasteiger partial charge in [-0.15, -0.1) is 10.2 Å². The summed E-state index contributed by atoms with van der Waals surface area (Å²) in [7, 11) is 1.82. The fourth-order valence-corrected chi connectivity index (χ4v) is 4.52. The third kappa shape index (κ3) is 5.55. The zero-order chi connectivity index (χ0) is 25.8. The number of carboxylic acid groups (broad SMARTS) is 1. The molecular weight excluding hydrogens is 472 g/mol. The number of hydrogen-bond donors (Lipinski definition) is 2. The predicted octanol–water partition coefficient (Wildman–Crippen LogP) is 3.67. The highest BCUT2D eigenvalue weighted by atomic mass is 16.5.